The van der Waals surface area contributed by atoms with E-state index in [0.717, 1.165) is 0 Å². The molecule has 1 aliphatic carbocycles. The molecule has 0 N–H and O–H groups in total. The van der Waals surface area contributed by atoms with Crippen LogP contribution in [0.5, 0.6) is 0 Å². The Morgan fingerprint density at radius 1 is 1.40 bits per heavy atom. The Bertz CT molecular complexity index is 135. The molecule has 0 amide bonds. The molecule has 0 saturated heterocycles. The zero-order valence-corrected chi connectivity index (χ0v) is 8.05. The Kier molecular flexibility index (Phi) is 2.31. The lowest BCUT2D eigenvalue weighted by Crippen LogP contribution is -2.30. The monoisotopic (exact) mass is 156 g/mol. The van der Waals surface area contributed by atoms with Crippen LogP contribution in [0.15, 0.2) is 12.2 Å². The van der Waals surface area contributed by atoms with Gasteiger partial charge in [0, 0.05) is 0 Å². The van der Waals surface area contributed by atoms with E-state index < -0.39 is 8.32 Å². The van der Waals surface area contributed by atoms with Crippen molar-refractivity contribution in [3.05, 3.63) is 12.2 Å². The van der Waals surface area contributed by atoms with Crippen LogP contribution in [-0.4, -0.2) is 14.4 Å². The molecule has 1 aliphatic rings. The van der Waals surface area contributed by atoms with E-state index in [9.17, 15) is 0 Å². The lowest BCUT2D eigenvalue weighted by molar-refractivity contribution is 0.241. The molecule has 1 unspecified atom stereocenters. The molecule has 0 heterocycles. The highest BCUT2D eigenvalue weighted by atomic mass is 28.4. The fourth-order valence-electron chi connectivity index (χ4n) is 1.16. The molecule has 2 heteroatoms. The second-order valence-corrected chi connectivity index (χ2v) is 8.23. The van der Waals surface area contributed by atoms with Gasteiger partial charge in [-0.25, -0.2) is 0 Å². The predicted molar refractivity (Wildman–Crippen MR) is 46.6 cm³/mol. The van der Waals surface area contributed by atoms with Crippen LogP contribution in [0.4, 0.5) is 0 Å². The Balaban J connectivity index is 2.31. The molecule has 0 aromatic heterocycles. The molecule has 10 heavy (non-hydrogen) atoms. The van der Waals surface area contributed by atoms with Gasteiger partial charge in [-0.15, -0.1) is 0 Å². The van der Waals surface area contributed by atoms with Crippen molar-refractivity contribution in [2.45, 2.75) is 38.6 Å². The summed E-state index contributed by atoms with van der Waals surface area (Å²) < 4.78 is 5.85. The summed E-state index contributed by atoms with van der Waals surface area (Å²) in [5.41, 5.74) is 0. The minimum atomic E-state index is -1.27. The smallest absolute Gasteiger partial charge is 0.184 e. The quantitative estimate of drug-likeness (QED) is 0.441. The molecule has 1 nitrogen and oxygen atoms in total. The summed E-state index contributed by atoms with van der Waals surface area (Å²) >= 11 is 0. The maximum absolute atomic E-state index is 5.85. The zero-order valence-electron chi connectivity index (χ0n) is 7.05. The van der Waals surface area contributed by atoms with E-state index in [0.29, 0.717) is 6.10 Å². The van der Waals surface area contributed by atoms with Crippen LogP contribution in [-0.2, 0) is 4.43 Å². The molecule has 0 aromatic carbocycles. The lowest BCUT2D eigenvalue weighted by Gasteiger charge is -2.21. The molecule has 1 atom stereocenters. The zero-order chi connectivity index (χ0) is 7.61. The van der Waals surface area contributed by atoms with Crippen molar-refractivity contribution in [2.75, 3.05) is 0 Å². The molecule has 0 aromatic rings. The average Bonchev–Trinajstić information content (AvgIpc) is 2.12. The summed E-state index contributed by atoms with van der Waals surface area (Å²) in [6.45, 7) is 6.71. The van der Waals surface area contributed by atoms with Crippen LogP contribution in [0.2, 0.25) is 19.6 Å². The van der Waals surface area contributed by atoms with Gasteiger partial charge < -0.3 is 4.43 Å². The SMILES string of the molecule is C[Si](C)(C)OC1C=CCC1. The van der Waals surface area contributed by atoms with Crippen LogP contribution in [0.1, 0.15) is 12.8 Å². The van der Waals surface area contributed by atoms with E-state index in [1.807, 2.05) is 0 Å². The summed E-state index contributed by atoms with van der Waals surface area (Å²) in [5, 5.41) is 0. The molecular weight excluding hydrogens is 140 g/mol. The van der Waals surface area contributed by atoms with Gasteiger partial charge in [0.15, 0.2) is 8.32 Å². The van der Waals surface area contributed by atoms with Crippen molar-refractivity contribution in [2.24, 2.45) is 0 Å². The highest BCUT2D eigenvalue weighted by molar-refractivity contribution is 6.69. The molecule has 0 spiro atoms. The highest BCUT2D eigenvalue weighted by Crippen LogP contribution is 2.17. The molecule has 0 aliphatic heterocycles. The third-order valence-corrected chi connectivity index (χ3v) is 2.48. The van der Waals surface area contributed by atoms with Gasteiger partial charge in [0.25, 0.3) is 0 Å². The third kappa shape index (κ3) is 2.67. The maximum Gasteiger partial charge on any atom is 0.184 e. The molecule has 0 bridgehead atoms. The van der Waals surface area contributed by atoms with E-state index in [2.05, 4.69) is 31.8 Å². The fraction of sp³-hybridized carbons (Fsp3) is 0.750. The molecule has 58 valence electrons. The molecular formula is C8H16OSi. The minimum absolute atomic E-state index is 0.437. The molecule has 0 fully saturated rings. The normalized spacial score (nSPS) is 25.7. The number of rotatable bonds is 2. The lowest BCUT2D eigenvalue weighted by atomic mass is 10.3. The maximum atomic E-state index is 5.85. The Morgan fingerprint density at radius 3 is 2.50 bits per heavy atom. The van der Waals surface area contributed by atoms with Crippen molar-refractivity contribution in [3.63, 3.8) is 0 Å². The summed E-state index contributed by atoms with van der Waals surface area (Å²) in [4.78, 5) is 0. The summed E-state index contributed by atoms with van der Waals surface area (Å²) in [7, 11) is -1.27. The van der Waals surface area contributed by atoms with Gasteiger partial charge in [0.2, 0.25) is 0 Å². The van der Waals surface area contributed by atoms with Gasteiger partial charge in [0.1, 0.15) is 0 Å². The standard InChI is InChI=1S/C8H16OSi/c1-10(2,3)9-8-6-4-5-7-8/h4,6,8H,5,7H2,1-3H3. The second-order valence-electron chi connectivity index (χ2n) is 3.77. The summed E-state index contributed by atoms with van der Waals surface area (Å²) in [6.07, 6.45) is 7.24. The number of hydrogen-bond acceptors (Lipinski definition) is 1. The van der Waals surface area contributed by atoms with Gasteiger partial charge in [-0.2, -0.15) is 0 Å². The van der Waals surface area contributed by atoms with Crippen LogP contribution < -0.4 is 0 Å². The van der Waals surface area contributed by atoms with E-state index >= 15 is 0 Å². The molecule has 0 radical (unpaired) electrons. The van der Waals surface area contributed by atoms with Gasteiger partial charge in [-0.1, -0.05) is 12.2 Å². The predicted octanol–water partition coefficient (Wildman–Crippen LogP) is 2.56. The van der Waals surface area contributed by atoms with Crippen molar-refractivity contribution in [1.29, 1.82) is 0 Å². The first-order chi connectivity index (χ1) is 4.58. The number of allylic oxidation sites excluding steroid dienone is 1. The van der Waals surface area contributed by atoms with Crippen molar-refractivity contribution in [1.82, 2.24) is 0 Å². The number of hydrogen-bond donors (Lipinski definition) is 0. The van der Waals surface area contributed by atoms with Crippen LogP contribution in [0, 0.1) is 0 Å². The van der Waals surface area contributed by atoms with E-state index in [1.165, 1.54) is 12.8 Å². The fourth-order valence-corrected chi connectivity index (χ4v) is 2.26. The Morgan fingerprint density at radius 2 is 2.10 bits per heavy atom. The van der Waals surface area contributed by atoms with Crippen molar-refractivity contribution >= 4 is 8.32 Å². The first-order valence-corrected chi connectivity index (χ1v) is 7.33. The van der Waals surface area contributed by atoms with E-state index in [4.69, 9.17) is 4.43 Å². The Hall–Kier alpha value is -0.0831. The molecule has 0 saturated carbocycles. The van der Waals surface area contributed by atoms with Gasteiger partial charge in [0.05, 0.1) is 6.10 Å². The largest absolute Gasteiger partial charge is 0.411 e. The minimum Gasteiger partial charge on any atom is -0.411 e. The first kappa shape index (κ1) is 8.02. The average molecular weight is 156 g/mol. The van der Waals surface area contributed by atoms with Crippen LogP contribution in [0.3, 0.4) is 0 Å². The topological polar surface area (TPSA) is 9.23 Å². The van der Waals surface area contributed by atoms with E-state index in [-0.39, 0.29) is 0 Å². The first-order valence-electron chi connectivity index (χ1n) is 3.92. The second kappa shape index (κ2) is 2.89. The molecule has 1 rings (SSSR count). The van der Waals surface area contributed by atoms with Gasteiger partial charge in [-0.05, 0) is 32.5 Å². The van der Waals surface area contributed by atoms with Crippen molar-refractivity contribution in [3.8, 4) is 0 Å². The van der Waals surface area contributed by atoms with Crippen molar-refractivity contribution < 1.29 is 4.43 Å². The van der Waals surface area contributed by atoms with Crippen LogP contribution >= 0.6 is 0 Å². The summed E-state index contributed by atoms with van der Waals surface area (Å²) in [6, 6.07) is 0. The Labute approximate surface area is 64.2 Å². The van der Waals surface area contributed by atoms with Gasteiger partial charge in [-0.3, -0.25) is 0 Å². The summed E-state index contributed by atoms with van der Waals surface area (Å²) in [5.74, 6) is 0. The highest BCUT2D eigenvalue weighted by Gasteiger charge is 2.20. The van der Waals surface area contributed by atoms with Gasteiger partial charge >= 0.3 is 0 Å². The third-order valence-electron chi connectivity index (χ3n) is 1.47. The van der Waals surface area contributed by atoms with Crippen LogP contribution in [0.25, 0.3) is 0 Å². The van der Waals surface area contributed by atoms with E-state index in [1.54, 1.807) is 0 Å².